The number of carbonyl (C=O) groups is 1. The molecule has 0 spiro atoms. The van der Waals surface area contributed by atoms with E-state index in [1.165, 1.54) is 12.1 Å². The van der Waals surface area contributed by atoms with Crippen molar-refractivity contribution in [2.75, 3.05) is 18.4 Å². The maximum absolute atomic E-state index is 13.0. The Hall–Kier alpha value is -2.18. The number of amides is 1. The molecule has 2 aromatic rings. The summed E-state index contributed by atoms with van der Waals surface area (Å²) < 4.78 is 27.5. The molecule has 0 unspecified atom stereocenters. The number of hydrogen-bond acceptors (Lipinski definition) is 3. The molecule has 0 radical (unpaired) electrons. The fraction of sp³-hybridized carbons (Fsp3) is 0.409. The van der Waals surface area contributed by atoms with Gasteiger partial charge in [0.15, 0.2) is 0 Å². The quantitative estimate of drug-likeness (QED) is 0.835. The number of sulfonamides is 1. The van der Waals surface area contributed by atoms with Crippen LogP contribution in [0.5, 0.6) is 0 Å². The summed E-state index contributed by atoms with van der Waals surface area (Å²) in [5, 5.41) is 2.89. The van der Waals surface area contributed by atoms with E-state index in [1.807, 2.05) is 32.0 Å². The van der Waals surface area contributed by atoms with Gasteiger partial charge in [0.1, 0.15) is 0 Å². The zero-order chi connectivity index (χ0) is 20.5. The van der Waals surface area contributed by atoms with Crippen molar-refractivity contribution >= 4 is 21.6 Å². The van der Waals surface area contributed by atoms with Crippen molar-refractivity contribution in [3.63, 3.8) is 0 Å². The van der Waals surface area contributed by atoms with Crippen molar-refractivity contribution in [2.24, 2.45) is 11.8 Å². The molecule has 2 atom stereocenters. The lowest BCUT2D eigenvalue weighted by Crippen LogP contribution is -2.42. The highest BCUT2D eigenvalue weighted by Crippen LogP contribution is 2.27. The van der Waals surface area contributed by atoms with Crippen molar-refractivity contribution in [1.82, 2.24) is 4.31 Å². The van der Waals surface area contributed by atoms with Gasteiger partial charge in [-0.2, -0.15) is 4.31 Å². The number of rotatable bonds is 4. The second-order valence-corrected chi connectivity index (χ2v) is 10.0. The van der Waals surface area contributed by atoms with Crippen molar-refractivity contribution in [3.05, 3.63) is 59.2 Å². The van der Waals surface area contributed by atoms with Crippen molar-refractivity contribution in [3.8, 4) is 0 Å². The summed E-state index contributed by atoms with van der Waals surface area (Å²) >= 11 is 0. The Kier molecular flexibility index (Phi) is 5.91. The van der Waals surface area contributed by atoms with Crippen molar-refractivity contribution < 1.29 is 13.2 Å². The average Bonchev–Trinajstić information content (AvgIpc) is 2.63. The minimum Gasteiger partial charge on any atom is -0.322 e. The minimum atomic E-state index is -3.54. The first-order valence-corrected chi connectivity index (χ1v) is 11.1. The summed E-state index contributed by atoms with van der Waals surface area (Å²) in [5.74, 6) is 0.443. The second kappa shape index (κ2) is 8.05. The second-order valence-electron chi connectivity index (χ2n) is 8.06. The Labute approximate surface area is 167 Å². The molecule has 3 rings (SSSR count). The topological polar surface area (TPSA) is 66.5 Å². The molecule has 0 saturated carbocycles. The van der Waals surface area contributed by atoms with E-state index in [-0.39, 0.29) is 10.8 Å². The van der Waals surface area contributed by atoms with Crippen LogP contribution in [0.4, 0.5) is 5.69 Å². The van der Waals surface area contributed by atoms with E-state index in [0.29, 0.717) is 30.5 Å². The van der Waals surface area contributed by atoms with E-state index in [9.17, 15) is 13.2 Å². The third-order valence-electron chi connectivity index (χ3n) is 5.22. The normalized spacial score (nSPS) is 20.7. The molecule has 1 saturated heterocycles. The van der Waals surface area contributed by atoms with Crippen LogP contribution in [0.1, 0.15) is 41.8 Å². The van der Waals surface area contributed by atoms with Crippen LogP contribution in [0.15, 0.2) is 47.4 Å². The molecular weight excluding hydrogens is 372 g/mol. The highest BCUT2D eigenvalue weighted by Gasteiger charge is 2.31. The highest BCUT2D eigenvalue weighted by atomic mass is 32.2. The lowest BCUT2D eigenvalue weighted by molar-refractivity contribution is 0.102. The Morgan fingerprint density at radius 3 is 2.18 bits per heavy atom. The molecule has 6 heteroatoms. The van der Waals surface area contributed by atoms with Crippen LogP contribution in [0.3, 0.4) is 0 Å². The van der Waals surface area contributed by atoms with Crippen LogP contribution < -0.4 is 5.32 Å². The van der Waals surface area contributed by atoms with Crippen LogP contribution in [0.25, 0.3) is 0 Å². The van der Waals surface area contributed by atoms with Gasteiger partial charge in [0.25, 0.3) is 5.91 Å². The average molecular weight is 401 g/mol. The maximum Gasteiger partial charge on any atom is 0.255 e. The minimum absolute atomic E-state index is 0.233. The van der Waals surface area contributed by atoms with E-state index in [2.05, 4.69) is 19.2 Å². The molecule has 1 heterocycles. The molecule has 0 aliphatic carbocycles. The summed E-state index contributed by atoms with van der Waals surface area (Å²) in [6.07, 6.45) is 1.05. The number of benzene rings is 2. The third-order valence-corrected chi connectivity index (χ3v) is 7.07. The lowest BCUT2D eigenvalue weighted by Gasteiger charge is -2.34. The molecule has 1 aliphatic rings. The predicted molar refractivity (Wildman–Crippen MR) is 112 cm³/mol. The van der Waals surface area contributed by atoms with Gasteiger partial charge < -0.3 is 5.32 Å². The molecule has 150 valence electrons. The zero-order valence-corrected chi connectivity index (χ0v) is 17.7. The Morgan fingerprint density at radius 1 is 1.00 bits per heavy atom. The standard InChI is InChI=1S/C22H28N2O3S/c1-15-5-10-21(18(4)12-15)23-22(25)19-6-8-20(9-7-19)28(26,27)24-13-16(2)11-17(3)14-24/h5-10,12,16-17H,11,13-14H2,1-4H3,(H,23,25)/t16-,17-/m1/s1. The Morgan fingerprint density at radius 2 is 1.61 bits per heavy atom. The van der Waals surface area contributed by atoms with Crippen molar-refractivity contribution in [1.29, 1.82) is 0 Å². The summed E-state index contributed by atoms with van der Waals surface area (Å²) in [7, 11) is -3.54. The number of nitrogens with one attached hydrogen (secondary N) is 1. The predicted octanol–water partition coefficient (Wildman–Crippen LogP) is 4.22. The molecular formula is C22H28N2O3S. The van der Waals surface area contributed by atoms with Crippen LogP contribution in [0, 0.1) is 25.7 Å². The first kappa shape index (κ1) is 20.6. The molecule has 2 aromatic carbocycles. The highest BCUT2D eigenvalue weighted by molar-refractivity contribution is 7.89. The Bertz CT molecular complexity index is 958. The largest absolute Gasteiger partial charge is 0.322 e. The number of hydrogen-bond donors (Lipinski definition) is 1. The fourth-order valence-corrected chi connectivity index (χ4v) is 5.56. The smallest absolute Gasteiger partial charge is 0.255 e. The zero-order valence-electron chi connectivity index (χ0n) is 16.9. The number of nitrogens with zero attached hydrogens (tertiary/aromatic N) is 1. The summed E-state index contributed by atoms with van der Waals surface area (Å²) in [4.78, 5) is 12.8. The van der Waals surface area contributed by atoms with Gasteiger partial charge in [-0.1, -0.05) is 31.5 Å². The molecule has 0 bridgehead atoms. The summed E-state index contributed by atoms with van der Waals surface area (Å²) in [5.41, 5.74) is 3.30. The van der Waals surface area contributed by atoms with E-state index in [1.54, 1.807) is 16.4 Å². The Balaban J connectivity index is 1.76. The van der Waals surface area contributed by atoms with Gasteiger partial charge in [-0.05, 0) is 68.0 Å². The van der Waals surface area contributed by atoms with Gasteiger partial charge >= 0.3 is 0 Å². The molecule has 1 fully saturated rings. The van der Waals surface area contributed by atoms with Crippen LogP contribution in [-0.4, -0.2) is 31.7 Å². The monoisotopic (exact) mass is 400 g/mol. The first-order chi connectivity index (χ1) is 13.2. The number of carbonyl (C=O) groups excluding carboxylic acids is 1. The summed E-state index contributed by atoms with van der Waals surface area (Å²) in [6, 6.07) is 12.0. The van der Waals surface area contributed by atoms with E-state index >= 15 is 0 Å². The first-order valence-electron chi connectivity index (χ1n) is 9.65. The van der Waals surface area contributed by atoms with Gasteiger partial charge in [0, 0.05) is 24.3 Å². The maximum atomic E-state index is 13.0. The number of piperidine rings is 1. The third kappa shape index (κ3) is 4.45. The molecule has 0 aromatic heterocycles. The SMILES string of the molecule is Cc1ccc(NC(=O)c2ccc(S(=O)(=O)N3C[C@H](C)C[C@@H](C)C3)cc2)c(C)c1. The van der Waals surface area contributed by atoms with Gasteiger partial charge in [0.05, 0.1) is 4.90 Å². The van der Waals surface area contributed by atoms with E-state index < -0.39 is 10.0 Å². The lowest BCUT2D eigenvalue weighted by atomic mass is 9.94. The molecule has 1 N–H and O–H groups in total. The van der Waals surface area contributed by atoms with Gasteiger partial charge in [-0.15, -0.1) is 0 Å². The van der Waals surface area contributed by atoms with Crippen LogP contribution >= 0.6 is 0 Å². The van der Waals surface area contributed by atoms with Crippen LogP contribution in [0.2, 0.25) is 0 Å². The summed E-state index contributed by atoms with van der Waals surface area (Å²) in [6.45, 7) is 9.20. The van der Waals surface area contributed by atoms with Crippen molar-refractivity contribution in [2.45, 2.75) is 39.0 Å². The number of anilines is 1. The van der Waals surface area contributed by atoms with Gasteiger partial charge in [-0.3, -0.25) is 4.79 Å². The van der Waals surface area contributed by atoms with Gasteiger partial charge in [-0.25, -0.2) is 8.42 Å². The van der Waals surface area contributed by atoms with Gasteiger partial charge in [0.2, 0.25) is 10.0 Å². The fourth-order valence-electron chi connectivity index (χ4n) is 3.88. The molecule has 1 amide bonds. The number of aryl methyl sites for hydroxylation is 2. The molecule has 28 heavy (non-hydrogen) atoms. The molecule has 1 aliphatic heterocycles. The van der Waals surface area contributed by atoms with E-state index in [0.717, 1.165) is 23.2 Å². The van der Waals surface area contributed by atoms with Crippen LogP contribution in [-0.2, 0) is 10.0 Å². The van der Waals surface area contributed by atoms with E-state index in [4.69, 9.17) is 0 Å². The molecule has 5 nitrogen and oxygen atoms in total.